The molecule has 0 amide bonds. The van der Waals surface area contributed by atoms with Gasteiger partial charge in [0, 0.05) is 0 Å². The van der Waals surface area contributed by atoms with E-state index >= 15 is 0 Å². The predicted molar refractivity (Wildman–Crippen MR) is 80.4 cm³/mol. The zero-order valence-corrected chi connectivity index (χ0v) is 14.2. The SMILES string of the molecule is COc1ccc([Te]/C=C(/Cl)C2(O)CCCCC2)cc1. The molecule has 104 valence electrons. The third-order valence-corrected chi connectivity index (χ3v) is 6.91. The molecule has 0 aliphatic heterocycles. The summed E-state index contributed by atoms with van der Waals surface area (Å²) in [6, 6.07) is 8.09. The van der Waals surface area contributed by atoms with Crippen LogP contribution in [-0.4, -0.2) is 38.7 Å². The van der Waals surface area contributed by atoms with Gasteiger partial charge in [0.25, 0.3) is 0 Å². The summed E-state index contributed by atoms with van der Waals surface area (Å²) in [5.41, 5.74) is -0.753. The van der Waals surface area contributed by atoms with Crippen molar-refractivity contribution in [2.24, 2.45) is 0 Å². The number of hydrogen-bond acceptors (Lipinski definition) is 2. The fraction of sp³-hybridized carbons (Fsp3) is 0.467. The zero-order chi connectivity index (χ0) is 13.7. The van der Waals surface area contributed by atoms with Crippen molar-refractivity contribution in [3.63, 3.8) is 0 Å². The summed E-state index contributed by atoms with van der Waals surface area (Å²) in [6.45, 7) is 0. The van der Waals surface area contributed by atoms with Crippen molar-refractivity contribution in [1.29, 1.82) is 0 Å². The van der Waals surface area contributed by atoms with E-state index in [4.69, 9.17) is 16.3 Å². The van der Waals surface area contributed by atoms with Crippen LogP contribution in [0.4, 0.5) is 0 Å². The molecule has 0 heterocycles. The van der Waals surface area contributed by atoms with Crippen LogP contribution in [0.2, 0.25) is 0 Å². The molecule has 0 spiro atoms. The van der Waals surface area contributed by atoms with Crippen molar-refractivity contribution in [1.82, 2.24) is 0 Å². The first-order chi connectivity index (χ1) is 9.14. The molecule has 1 aliphatic rings. The van der Waals surface area contributed by atoms with Crippen LogP contribution in [0.5, 0.6) is 5.75 Å². The fourth-order valence-corrected chi connectivity index (χ4v) is 4.89. The summed E-state index contributed by atoms with van der Waals surface area (Å²) in [7, 11) is 1.67. The van der Waals surface area contributed by atoms with Gasteiger partial charge in [-0.3, -0.25) is 0 Å². The molecular weight excluding hydrogens is 375 g/mol. The third kappa shape index (κ3) is 4.13. The first kappa shape index (κ1) is 15.2. The zero-order valence-electron chi connectivity index (χ0n) is 11.1. The van der Waals surface area contributed by atoms with Gasteiger partial charge in [0.1, 0.15) is 0 Å². The molecule has 0 atom stereocenters. The summed E-state index contributed by atoms with van der Waals surface area (Å²) in [5, 5.41) is 11.2. The van der Waals surface area contributed by atoms with Gasteiger partial charge in [-0.25, -0.2) is 0 Å². The monoisotopic (exact) mass is 396 g/mol. The van der Waals surface area contributed by atoms with E-state index in [-0.39, 0.29) is 0 Å². The van der Waals surface area contributed by atoms with E-state index < -0.39 is 26.5 Å². The molecule has 1 N–H and O–H groups in total. The van der Waals surface area contributed by atoms with Crippen molar-refractivity contribution in [2.75, 3.05) is 7.11 Å². The number of halogens is 1. The molecule has 0 bridgehead atoms. The van der Waals surface area contributed by atoms with Crippen LogP contribution in [0.15, 0.2) is 33.4 Å². The van der Waals surface area contributed by atoms with Gasteiger partial charge >= 0.3 is 130 Å². The Morgan fingerprint density at radius 3 is 2.47 bits per heavy atom. The van der Waals surface area contributed by atoms with Gasteiger partial charge < -0.3 is 0 Å². The normalized spacial score (nSPS) is 19.2. The number of methoxy groups -OCH3 is 1. The van der Waals surface area contributed by atoms with Gasteiger partial charge in [-0.1, -0.05) is 0 Å². The Morgan fingerprint density at radius 1 is 1.26 bits per heavy atom. The maximum absolute atomic E-state index is 10.5. The van der Waals surface area contributed by atoms with E-state index in [0.717, 1.165) is 31.4 Å². The second kappa shape index (κ2) is 6.99. The predicted octanol–water partition coefficient (Wildman–Crippen LogP) is 2.80. The Hall–Kier alpha value is -0.200. The molecule has 0 saturated heterocycles. The number of hydrogen-bond donors (Lipinski definition) is 1. The molecule has 0 aromatic heterocycles. The molecule has 1 aliphatic carbocycles. The molecule has 2 nitrogen and oxygen atoms in total. The molecule has 0 unspecified atom stereocenters. The van der Waals surface area contributed by atoms with Gasteiger partial charge in [0.2, 0.25) is 0 Å². The van der Waals surface area contributed by atoms with E-state index in [1.165, 1.54) is 10.0 Å². The minimum absolute atomic E-state index is 0.490. The summed E-state index contributed by atoms with van der Waals surface area (Å²) < 4.78 is 8.50. The van der Waals surface area contributed by atoms with Gasteiger partial charge in [-0.2, -0.15) is 0 Å². The maximum atomic E-state index is 10.5. The van der Waals surface area contributed by atoms with Crippen LogP contribution < -0.4 is 8.35 Å². The summed E-state index contributed by atoms with van der Waals surface area (Å²) >= 11 is 5.84. The molecular formula is C15H19ClO2Te. The minimum atomic E-state index is -0.753. The second-order valence-electron chi connectivity index (χ2n) is 4.85. The van der Waals surface area contributed by atoms with E-state index in [1.807, 2.05) is 12.1 Å². The molecule has 1 saturated carbocycles. The van der Waals surface area contributed by atoms with Crippen LogP contribution in [0.1, 0.15) is 32.1 Å². The van der Waals surface area contributed by atoms with Crippen LogP contribution in [-0.2, 0) is 0 Å². The van der Waals surface area contributed by atoms with Crippen molar-refractivity contribution < 1.29 is 9.84 Å². The fourth-order valence-electron chi connectivity index (χ4n) is 2.26. The van der Waals surface area contributed by atoms with Crippen molar-refractivity contribution in [3.8, 4) is 5.75 Å². The Bertz CT molecular complexity index is 436. The molecule has 19 heavy (non-hydrogen) atoms. The van der Waals surface area contributed by atoms with E-state index in [9.17, 15) is 5.11 Å². The van der Waals surface area contributed by atoms with E-state index in [0.29, 0.717) is 5.03 Å². The standard InChI is InChI=1S/C15H19ClO2Te/c1-18-12-5-7-13(8-6-12)19-11-14(16)15(17)9-3-2-4-10-15/h5-8,11,17H,2-4,9-10H2,1H3/b14-11+. The van der Waals surface area contributed by atoms with Gasteiger partial charge in [0.05, 0.1) is 0 Å². The number of aliphatic hydroxyl groups is 1. The van der Waals surface area contributed by atoms with Crippen LogP contribution >= 0.6 is 11.6 Å². The molecule has 2 rings (SSSR count). The average Bonchev–Trinajstić information content (AvgIpc) is 2.46. The van der Waals surface area contributed by atoms with E-state index in [2.05, 4.69) is 16.3 Å². The quantitative estimate of drug-likeness (QED) is 0.796. The van der Waals surface area contributed by atoms with Crippen molar-refractivity contribution >= 4 is 36.1 Å². The van der Waals surface area contributed by atoms with Gasteiger partial charge in [-0.15, -0.1) is 0 Å². The first-order valence-electron chi connectivity index (χ1n) is 6.53. The number of ether oxygens (including phenoxy) is 1. The van der Waals surface area contributed by atoms with Crippen LogP contribution in [0.25, 0.3) is 0 Å². The average molecular weight is 394 g/mol. The second-order valence-corrected chi connectivity index (χ2v) is 7.95. The Kier molecular flexibility index (Phi) is 5.59. The van der Waals surface area contributed by atoms with Gasteiger partial charge in [0.15, 0.2) is 0 Å². The Morgan fingerprint density at radius 2 is 1.89 bits per heavy atom. The summed E-state index contributed by atoms with van der Waals surface area (Å²) in [4.78, 5) is 0. The van der Waals surface area contributed by atoms with Crippen molar-refractivity contribution in [2.45, 2.75) is 37.7 Å². The summed E-state index contributed by atoms with van der Waals surface area (Å²) in [6.07, 6.45) is 4.96. The van der Waals surface area contributed by atoms with Gasteiger partial charge in [-0.05, 0) is 0 Å². The molecule has 4 heteroatoms. The Labute approximate surface area is 129 Å². The van der Waals surface area contributed by atoms with E-state index in [1.54, 1.807) is 7.11 Å². The molecule has 1 aromatic rings. The Balaban J connectivity index is 2.00. The topological polar surface area (TPSA) is 29.5 Å². The van der Waals surface area contributed by atoms with Crippen molar-refractivity contribution in [3.05, 3.63) is 33.4 Å². The molecule has 1 fully saturated rings. The van der Waals surface area contributed by atoms with Crippen LogP contribution in [0, 0.1) is 0 Å². The van der Waals surface area contributed by atoms with Crippen LogP contribution in [0.3, 0.4) is 0 Å². The molecule has 0 radical (unpaired) electrons. The third-order valence-electron chi connectivity index (χ3n) is 3.48. The molecule has 1 aromatic carbocycles. The summed E-state index contributed by atoms with van der Waals surface area (Å²) in [5.74, 6) is 0.872. The first-order valence-corrected chi connectivity index (χ1v) is 9.42. The number of benzene rings is 1. The number of rotatable bonds is 4.